The van der Waals surface area contributed by atoms with Gasteiger partial charge in [0, 0.05) is 49.9 Å². The molecular weight excluding hydrogens is 571 g/mol. The number of thiophene rings is 1. The molecule has 0 N–H and O–H groups in total. The largest absolute Gasteiger partial charge is 0.453 e. The number of nitrogens with zero attached hydrogens (tertiary/aromatic N) is 4. The van der Waals surface area contributed by atoms with E-state index in [1.165, 1.54) is 17.4 Å². The molecular formula is C32H37FN4O5S. The molecule has 0 bridgehead atoms. The van der Waals surface area contributed by atoms with Gasteiger partial charge in [0.2, 0.25) is 0 Å². The Morgan fingerprint density at radius 2 is 1.56 bits per heavy atom. The summed E-state index contributed by atoms with van der Waals surface area (Å²) in [7, 11) is 0. The number of aliphatic imine (C=N–C) groups is 1. The molecule has 5 rings (SSSR count). The van der Waals surface area contributed by atoms with Crippen LogP contribution in [0.25, 0.3) is 20.8 Å². The fraction of sp³-hybridized carbons (Fsp3) is 0.406. The lowest BCUT2D eigenvalue weighted by molar-refractivity contribution is 0.00206. The van der Waals surface area contributed by atoms with Crippen LogP contribution >= 0.6 is 11.3 Å². The Bertz CT molecular complexity index is 1480. The number of pyridine rings is 2. The minimum absolute atomic E-state index is 0.137. The standard InChI is InChI=1S/C32H37FN4O5S/c1-23(2)36-25-4-6-29(26(33)19-25)42-30-7-8-34-28-20-31(43-32(28)30)27-5-3-24(21-35-27)22-37-9-11-38-13-15-40-17-18-41-16-14-39-12-10-37/h3-8,19-21H,9-18,22H2,1-2H3. The van der Waals surface area contributed by atoms with Crippen molar-refractivity contribution in [1.82, 2.24) is 14.9 Å². The van der Waals surface area contributed by atoms with Gasteiger partial charge in [-0.3, -0.25) is 19.9 Å². The van der Waals surface area contributed by atoms with Crippen LogP contribution in [0.15, 0.2) is 59.9 Å². The molecule has 1 fully saturated rings. The molecule has 0 atom stereocenters. The van der Waals surface area contributed by atoms with Gasteiger partial charge in [0.15, 0.2) is 11.6 Å². The molecule has 1 aromatic carbocycles. The highest BCUT2D eigenvalue weighted by Crippen LogP contribution is 2.39. The molecule has 0 radical (unpaired) electrons. The Labute approximate surface area is 255 Å². The predicted octanol–water partition coefficient (Wildman–Crippen LogP) is 6.28. The summed E-state index contributed by atoms with van der Waals surface area (Å²) in [6.07, 6.45) is 3.57. The molecule has 0 amide bonds. The van der Waals surface area contributed by atoms with Crippen molar-refractivity contribution in [2.24, 2.45) is 4.99 Å². The minimum atomic E-state index is -0.471. The average molecular weight is 609 g/mol. The van der Waals surface area contributed by atoms with Gasteiger partial charge in [-0.05, 0) is 43.7 Å². The van der Waals surface area contributed by atoms with Gasteiger partial charge in [-0.15, -0.1) is 11.3 Å². The fourth-order valence-corrected chi connectivity index (χ4v) is 5.52. The highest BCUT2D eigenvalue weighted by Gasteiger charge is 2.14. The quantitative estimate of drug-likeness (QED) is 0.236. The molecule has 0 spiro atoms. The monoisotopic (exact) mass is 608 g/mol. The van der Waals surface area contributed by atoms with Crippen LogP contribution in [-0.4, -0.2) is 86.5 Å². The first-order chi connectivity index (χ1) is 21.0. The van der Waals surface area contributed by atoms with Crippen molar-refractivity contribution in [2.75, 3.05) is 65.9 Å². The molecule has 9 nitrogen and oxygen atoms in total. The van der Waals surface area contributed by atoms with Crippen molar-refractivity contribution >= 4 is 33.0 Å². The Morgan fingerprint density at radius 1 is 0.860 bits per heavy atom. The molecule has 4 aromatic rings. The Balaban J connectivity index is 1.25. The zero-order chi connectivity index (χ0) is 29.9. The normalized spacial score (nSPS) is 16.3. The van der Waals surface area contributed by atoms with Crippen molar-refractivity contribution in [3.63, 3.8) is 0 Å². The average Bonchev–Trinajstić information content (AvgIpc) is 3.43. The lowest BCUT2D eigenvalue weighted by atomic mass is 10.2. The number of benzene rings is 1. The van der Waals surface area contributed by atoms with Gasteiger partial charge in [-0.25, -0.2) is 4.39 Å². The number of rotatable bonds is 6. The molecule has 0 unspecified atom stereocenters. The van der Waals surface area contributed by atoms with Crippen LogP contribution in [0, 0.1) is 5.82 Å². The number of halogens is 1. The molecule has 4 heterocycles. The first-order valence-electron chi connectivity index (χ1n) is 14.4. The number of hydrogen-bond acceptors (Lipinski definition) is 10. The summed E-state index contributed by atoms with van der Waals surface area (Å²) >= 11 is 1.51. The number of ether oxygens (including phenoxy) is 5. The van der Waals surface area contributed by atoms with Gasteiger partial charge in [0.1, 0.15) is 5.75 Å². The van der Waals surface area contributed by atoms with Crippen molar-refractivity contribution in [1.29, 1.82) is 0 Å². The molecule has 43 heavy (non-hydrogen) atoms. The van der Waals surface area contributed by atoms with E-state index >= 15 is 0 Å². The van der Waals surface area contributed by atoms with Gasteiger partial charge >= 0.3 is 0 Å². The summed E-state index contributed by atoms with van der Waals surface area (Å²) in [5, 5.41) is 0. The third kappa shape index (κ3) is 9.33. The summed E-state index contributed by atoms with van der Waals surface area (Å²) in [6.45, 7) is 10.6. The summed E-state index contributed by atoms with van der Waals surface area (Å²) in [5.74, 6) is 0.208. The van der Waals surface area contributed by atoms with E-state index in [1.54, 1.807) is 24.4 Å². The van der Waals surface area contributed by atoms with E-state index in [9.17, 15) is 4.39 Å². The molecule has 1 aliphatic rings. The van der Waals surface area contributed by atoms with Gasteiger partial charge in [0.05, 0.1) is 79.3 Å². The van der Waals surface area contributed by atoms with Crippen LogP contribution in [0.3, 0.4) is 0 Å². The van der Waals surface area contributed by atoms with Gasteiger partial charge < -0.3 is 23.7 Å². The molecule has 228 valence electrons. The smallest absolute Gasteiger partial charge is 0.167 e. The van der Waals surface area contributed by atoms with E-state index in [0.717, 1.165) is 51.7 Å². The number of hydrogen-bond donors (Lipinski definition) is 0. The van der Waals surface area contributed by atoms with E-state index in [-0.39, 0.29) is 5.75 Å². The molecule has 0 saturated carbocycles. The zero-order valence-corrected chi connectivity index (χ0v) is 25.4. The van der Waals surface area contributed by atoms with Crippen LogP contribution in [-0.2, 0) is 25.5 Å². The fourth-order valence-electron chi connectivity index (χ4n) is 4.48. The predicted molar refractivity (Wildman–Crippen MR) is 166 cm³/mol. The maximum Gasteiger partial charge on any atom is 0.167 e. The van der Waals surface area contributed by atoms with Crippen LogP contribution in [0.4, 0.5) is 10.1 Å². The minimum Gasteiger partial charge on any atom is -0.453 e. The summed E-state index contributed by atoms with van der Waals surface area (Å²) in [4.78, 5) is 16.8. The van der Waals surface area contributed by atoms with E-state index in [1.807, 2.05) is 32.2 Å². The van der Waals surface area contributed by atoms with Gasteiger partial charge in [-0.2, -0.15) is 0 Å². The van der Waals surface area contributed by atoms with Gasteiger partial charge in [0.25, 0.3) is 0 Å². The first kappa shape index (κ1) is 31.1. The Hall–Kier alpha value is -3.32. The summed E-state index contributed by atoms with van der Waals surface area (Å²) in [6, 6.07) is 12.6. The molecule has 1 saturated heterocycles. The zero-order valence-electron chi connectivity index (χ0n) is 24.6. The van der Waals surface area contributed by atoms with Crippen molar-refractivity contribution in [3.05, 3.63) is 66.2 Å². The lowest BCUT2D eigenvalue weighted by Gasteiger charge is -2.22. The second-order valence-electron chi connectivity index (χ2n) is 10.2. The summed E-state index contributed by atoms with van der Waals surface area (Å²) in [5.41, 5.74) is 4.10. The lowest BCUT2D eigenvalue weighted by Crippen LogP contribution is -2.31. The summed E-state index contributed by atoms with van der Waals surface area (Å²) < 4.78 is 44.1. The highest BCUT2D eigenvalue weighted by atomic mass is 32.1. The first-order valence-corrected chi connectivity index (χ1v) is 15.2. The second kappa shape index (κ2) is 15.9. The van der Waals surface area contributed by atoms with Crippen LogP contribution < -0.4 is 4.74 Å². The van der Waals surface area contributed by atoms with E-state index in [2.05, 4.69) is 20.9 Å². The molecule has 0 aliphatic carbocycles. The second-order valence-corrected chi connectivity index (χ2v) is 11.2. The third-order valence-corrected chi connectivity index (χ3v) is 7.73. The van der Waals surface area contributed by atoms with Gasteiger partial charge in [-0.1, -0.05) is 6.07 Å². The molecule has 3 aromatic heterocycles. The maximum atomic E-state index is 14.8. The van der Waals surface area contributed by atoms with Crippen LogP contribution in [0.5, 0.6) is 11.5 Å². The Kier molecular flexibility index (Phi) is 11.5. The Morgan fingerprint density at radius 3 is 2.19 bits per heavy atom. The molecule has 11 heteroatoms. The topological polar surface area (TPSA) is 87.5 Å². The van der Waals surface area contributed by atoms with E-state index in [4.69, 9.17) is 28.7 Å². The van der Waals surface area contributed by atoms with Crippen LogP contribution in [0.1, 0.15) is 19.4 Å². The van der Waals surface area contributed by atoms with Crippen LogP contribution in [0.2, 0.25) is 0 Å². The SMILES string of the molecule is CC(C)=Nc1ccc(Oc2ccnc3cc(-c4ccc(CN5CCOCCOCCOCCOCC5)cn4)sc23)c(F)c1. The molecule has 1 aliphatic heterocycles. The van der Waals surface area contributed by atoms with E-state index < -0.39 is 5.82 Å². The van der Waals surface area contributed by atoms with Crippen molar-refractivity contribution < 1.29 is 28.1 Å². The maximum absolute atomic E-state index is 14.8. The number of aromatic nitrogens is 2. The highest BCUT2D eigenvalue weighted by molar-refractivity contribution is 7.22. The third-order valence-electron chi connectivity index (χ3n) is 6.57. The van der Waals surface area contributed by atoms with Crippen molar-refractivity contribution in [3.8, 4) is 22.1 Å². The van der Waals surface area contributed by atoms with Crippen molar-refractivity contribution in [2.45, 2.75) is 20.4 Å². The van der Waals surface area contributed by atoms with E-state index in [0.29, 0.717) is 64.3 Å². The number of fused-ring (bicyclic) bond motifs is 1.